The molecule has 0 bridgehead atoms. The van der Waals surface area contributed by atoms with Crippen molar-refractivity contribution in [2.45, 2.75) is 13.1 Å². The fraction of sp³-hybridized carbons (Fsp3) is 0.111. The fourth-order valence-electron chi connectivity index (χ4n) is 2.73. The quantitative estimate of drug-likeness (QED) is 0.700. The van der Waals surface area contributed by atoms with E-state index in [1.165, 1.54) is 5.39 Å². The summed E-state index contributed by atoms with van der Waals surface area (Å²) in [5.74, 6) is 0. The van der Waals surface area contributed by atoms with Gasteiger partial charge in [-0.2, -0.15) is 0 Å². The van der Waals surface area contributed by atoms with Gasteiger partial charge in [-0.25, -0.2) is 0 Å². The van der Waals surface area contributed by atoms with Gasteiger partial charge in [0.2, 0.25) is 0 Å². The standard InChI is InChI=1S/C18H17O3P/c1-13-8-14(12-22(19,20)21)10-18(9-13)17-7-6-15-4-2-3-5-16(15)11-17/h2-11H,12H2,1H3,(H2,19,20,21). The summed E-state index contributed by atoms with van der Waals surface area (Å²) in [6, 6.07) is 20.1. The Hall–Kier alpha value is -1.93. The molecule has 0 saturated carbocycles. The zero-order valence-corrected chi connectivity index (χ0v) is 13.1. The average Bonchev–Trinajstić information content (AvgIpc) is 2.44. The minimum Gasteiger partial charge on any atom is -0.324 e. The second kappa shape index (κ2) is 5.69. The lowest BCUT2D eigenvalue weighted by molar-refractivity contribution is 0.372. The van der Waals surface area contributed by atoms with E-state index >= 15 is 0 Å². The molecule has 0 amide bonds. The van der Waals surface area contributed by atoms with Crippen molar-refractivity contribution in [3.63, 3.8) is 0 Å². The van der Waals surface area contributed by atoms with Crippen LogP contribution in [0.3, 0.4) is 0 Å². The molecule has 0 saturated heterocycles. The van der Waals surface area contributed by atoms with Gasteiger partial charge in [-0.15, -0.1) is 0 Å². The summed E-state index contributed by atoms with van der Waals surface area (Å²) in [6.45, 7) is 1.94. The minimum atomic E-state index is -4.06. The molecule has 4 heteroatoms. The maximum atomic E-state index is 11.2. The molecule has 2 N–H and O–H groups in total. The van der Waals surface area contributed by atoms with Crippen molar-refractivity contribution in [1.82, 2.24) is 0 Å². The fourth-order valence-corrected chi connectivity index (χ4v) is 3.39. The summed E-state index contributed by atoms with van der Waals surface area (Å²) in [4.78, 5) is 18.4. The van der Waals surface area contributed by atoms with Gasteiger partial charge in [0.05, 0.1) is 6.16 Å². The molecule has 0 atom stereocenters. The lowest BCUT2D eigenvalue weighted by Crippen LogP contribution is -1.90. The molecule has 3 rings (SSSR count). The highest BCUT2D eigenvalue weighted by molar-refractivity contribution is 7.50. The zero-order valence-electron chi connectivity index (χ0n) is 12.2. The van der Waals surface area contributed by atoms with Crippen molar-refractivity contribution in [2.75, 3.05) is 0 Å². The topological polar surface area (TPSA) is 57.5 Å². The van der Waals surface area contributed by atoms with Crippen LogP contribution in [0, 0.1) is 6.92 Å². The van der Waals surface area contributed by atoms with Crippen LogP contribution < -0.4 is 0 Å². The van der Waals surface area contributed by atoms with Gasteiger partial charge in [-0.3, -0.25) is 4.57 Å². The Morgan fingerprint density at radius 3 is 2.32 bits per heavy atom. The number of hydrogen-bond donors (Lipinski definition) is 2. The first-order chi connectivity index (χ1) is 10.4. The van der Waals surface area contributed by atoms with E-state index in [0.29, 0.717) is 5.56 Å². The maximum Gasteiger partial charge on any atom is 0.329 e. The summed E-state index contributed by atoms with van der Waals surface area (Å²) in [5, 5.41) is 2.33. The molecule has 112 valence electrons. The largest absolute Gasteiger partial charge is 0.329 e. The molecule has 0 aliphatic carbocycles. The van der Waals surface area contributed by atoms with Crippen molar-refractivity contribution < 1.29 is 14.4 Å². The van der Waals surface area contributed by atoms with Crippen molar-refractivity contribution in [2.24, 2.45) is 0 Å². The van der Waals surface area contributed by atoms with Gasteiger partial charge in [-0.1, -0.05) is 60.2 Å². The molecular formula is C18H17O3P. The molecule has 0 unspecified atom stereocenters. The van der Waals surface area contributed by atoms with Gasteiger partial charge in [0, 0.05) is 0 Å². The van der Waals surface area contributed by atoms with E-state index in [1.54, 1.807) is 0 Å². The Morgan fingerprint density at radius 1 is 0.864 bits per heavy atom. The molecule has 22 heavy (non-hydrogen) atoms. The molecular weight excluding hydrogens is 295 g/mol. The number of benzene rings is 3. The van der Waals surface area contributed by atoms with Crippen LogP contribution in [-0.2, 0) is 10.7 Å². The molecule has 0 aliphatic rings. The molecule has 0 aromatic heterocycles. The first-order valence-corrected chi connectivity index (χ1v) is 8.85. The number of aryl methyl sites for hydroxylation is 1. The molecule has 0 radical (unpaired) electrons. The van der Waals surface area contributed by atoms with Crippen LogP contribution >= 0.6 is 7.60 Å². The van der Waals surface area contributed by atoms with Crippen molar-refractivity contribution in [3.05, 3.63) is 71.8 Å². The summed E-state index contributed by atoms with van der Waals surface area (Å²) in [7, 11) is -4.06. The summed E-state index contributed by atoms with van der Waals surface area (Å²) in [5.41, 5.74) is 3.69. The van der Waals surface area contributed by atoms with E-state index in [4.69, 9.17) is 0 Å². The van der Waals surface area contributed by atoms with Gasteiger partial charge < -0.3 is 9.79 Å². The number of rotatable bonds is 3. The van der Waals surface area contributed by atoms with Gasteiger partial charge in [-0.05, 0) is 40.5 Å². The van der Waals surface area contributed by atoms with E-state index in [2.05, 4.69) is 24.3 Å². The van der Waals surface area contributed by atoms with Gasteiger partial charge in [0.15, 0.2) is 0 Å². The summed E-state index contributed by atoms with van der Waals surface area (Å²) < 4.78 is 11.2. The Bertz CT molecular complexity index is 880. The molecule has 0 aliphatic heterocycles. The van der Waals surface area contributed by atoms with Crippen LogP contribution in [0.2, 0.25) is 0 Å². The molecule has 3 aromatic rings. The van der Waals surface area contributed by atoms with Crippen molar-refractivity contribution in [1.29, 1.82) is 0 Å². The molecule has 3 aromatic carbocycles. The first kappa shape index (κ1) is 15.0. The van der Waals surface area contributed by atoms with E-state index in [-0.39, 0.29) is 6.16 Å². The Balaban J connectivity index is 2.07. The van der Waals surface area contributed by atoms with Crippen LogP contribution in [0.1, 0.15) is 11.1 Å². The third-order valence-electron chi connectivity index (χ3n) is 3.61. The monoisotopic (exact) mass is 312 g/mol. The van der Waals surface area contributed by atoms with Crippen LogP contribution in [0.4, 0.5) is 0 Å². The maximum absolute atomic E-state index is 11.2. The molecule has 0 spiro atoms. The third-order valence-corrected chi connectivity index (χ3v) is 4.39. The Morgan fingerprint density at radius 2 is 1.59 bits per heavy atom. The van der Waals surface area contributed by atoms with Crippen LogP contribution in [-0.4, -0.2) is 9.79 Å². The van der Waals surface area contributed by atoms with Crippen molar-refractivity contribution >= 4 is 18.4 Å². The SMILES string of the molecule is Cc1cc(CP(=O)(O)O)cc(-c2ccc3ccccc3c2)c1. The second-order valence-electron chi connectivity index (χ2n) is 5.59. The zero-order chi connectivity index (χ0) is 15.7. The van der Waals surface area contributed by atoms with E-state index < -0.39 is 7.60 Å². The predicted octanol–water partition coefficient (Wildman–Crippen LogP) is 4.49. The Kier molecular flexibility index (Phi) is 3.88. The highest BCUT2D eigenvalue weighted by atomic mass is 31.2. The summed E-state index contributed by atoms with van der Waals surface area (Å²) >= 11 is 0. The average molecular weight is 312 g/mol. The predicted molar refractivity (Wildman–Crippen MR) is 89.9 cm³/mol. The highest BCUT2D eigenvalue weighted by Crippen LogP contribution is 2.40. The molecule has 0 heterocycles. The van der Waals surface area contributed by atoms with Gasteiger partial charge in [0.1, 0.15) is 0 Å². The third kappa shape index (κ3) is 3.45. The normalized spacial score (nSPS) is 11.8. The summed E-state index contributed by atoms with van der Waals surface area (Å²) in [6.07, 6.45) is -0.227. The first-order valence-electron chi connectivity index (χ1n) is 7.05. The smallest absolute Gasteiger partial charge is 0.324 e. The van der Waals surface area contributed by atoms with E-state index in [1.807, 2.05) is 43.3 Å². The van der Waals surface area contributed by atoms with E-state index in [0.717, 1.165) is 22.1 Å². The van der Waals surface area contributed by atoms with Crippen LogP contribution in [0.5, 0.6) is 0 Å². The lowest BCUT2D eigenvalue weighted by Gasteiger charge is -2.10. The minimum absolute atomic E-state index is 0.227. The van der Waals surface area contributed by atoms with Crippen LogP contribution in [0.25, 0.3) is 21.9 Å². The number of fused-ring (bicyclic) bond motifs is 1. The Labute approximate surface area is 129 Å². The van der Waals surface area contributed by atoms with Gasteiger partial charge >= 0.3 is 7.60 Å². The van der Waals surface area contributed by atoms with Crippen LogP contribution in [0.15, 0.2) is 60.7 Å². The highest BCUT2D eigenvalue weighted by Gasteiger charge is 2.15. The molecule has 0 fully saturated rings. The number of hydrogen-bond acceptors (Lipinski definition) is 1. The van der Waals surface area contributed by atoms with E-state index in [9.17, 15) is 14.4 Å². The second-order valence-corrected chi connectivity index (χ2v) is 7.24. The molecule has 3 nitrogen and oxygen atoms in total. The van der Waals surface area contributed by atoms with Gasteiger partial charge in [0.25, 0.3) is 0 Å². The van der Waals surface area contributed by atoms with Crippen molar-refractivity contribution in [3.8, 4) is 11.1 Å². The lowest BCUT2D eigenvalue weighted by atomic mass is 9.98.